The van der Waals surface area contributed by atoms with Crippen LogP contribution < -0.4 is 5.32 Å². The van der Waals surface area contributed by atoms with Gasteiger partial charge in [-0.05, 0) is 23.8 Å². The number of fused-ring (bicyclic) bond motifs is 1. The van der Waals surface area contributed by atoms with E-state index in [0.29, 0.717) is 5.69 Å². The van der Waals surface area contributed by atoms with Gasteiger partial charge in [-0.2, -0.15) is 13.2 Å². The number of nitrogens with one attached hydrogen (secondary N) is 1. The molecule has 76 valence electrons. The van der Waals surface area contributed by atoms with E-state index in [1.807, 2.05) is 0 Å². The van der Waals surface area contributed by atoms with E-state index in [4.69, 9.17) is 0 Å². The number of anilines is 1. The molecule has 14 heavy (non-hydrogen) atoms. The number of halogens is 4. The summed E-state index contributed by atoms with van der Waals surface area (Å²) in [6.45, 7) is -0.206. The van der Waals surface area contributed by atoms with Gasteiger partial charge in [0.1, 0.15) is 5.82 Å². The van der Waals surface area contributed by atoms with E-state index in [1.165, 1.54) is 6.07 Å². The zero-order valence-corrected chi connectivity index (χ0v) is 7.03. The summed E-state index contributed by atoms with van der Waals surface area (Å²) in [5, 5.41) is 2.60. The molecule has 0 amide bonds. The van der Waals surface area contributed by atoms with E-state index < -0.39 is 17.9 Å². The van der Waals surface area contributed by atoms with E-state index in [1.54, 1.807) is 0 Å². The van der Waals surface area contributed by atoms with Gasteiger partial charge < -0.3 is 5.32 Å². The van der Waals surface area contributed by atoms with Gasteiger partial charge in [-0.15, -0.1) is 0 Å². The summed E-state index contributed by atoms with van der Waals surface area (Å²) in [4.78, 5) is 0. The monoisotopic (exact) mass is 205 g/mol. The van der Waals surface area contributed by atoms with Crippen LogP contribution in [0.1, 0.15) is 11.5 Å². The standard InChI is InChI=1S/C9H7F4N/c10-5-1-2-8-6(3-5)7(4-14-8)9(11,12)13/h1-3,7,14H,4H2. The van der Waals surface area contributed by atoms with Crippen molar-refractivity contribution in [1.29, 1.82) is 0 Å². The van der Waals surface area contributed by atoms with Crippen LogP contribution in [0.2, 0.25) is 0 Å². The van der Waals surface area contributed by atoms with Gasteiger partial charge >= 0.3 is 6.18 Å². The first-order valence-corrected chi connectivity index (χ1v) is 4.08. The largest absolute Gasteiger partial charge is 0.397 e. The number of benzene rings is 1. The highest BCUT2D eigenvalue weighted by Crippen LogP contribution is 2.42. The second kappa shape index (κ2) is 2.87. The van der Waals surface area contributed by atoms with Crippen molar-refractivity contribution in [3.05, 3.63) is 29.6 Å². The molecule has 1 aliphatic rings. The van der Waals surface area contributed by atoms with Crippen molar-refractivity contribution in [2.45, 2.75) is 12.1 Å². The molecule has 1 heterocycles. The lowest BCUT2D eigenvalue weighted by molar-refractivity contribution is -0.145. The molecule has 1 nitrogen and oxygen atoms in total. The fraction of sp³-hybridized carbons (Fsp3) is 0.333. The van der Waals surface area contributed by atoms with Gasteiger partial charge in [-0.25, -0.2) is 4.39 Å². The van der Waals surface area contributed by atoms with Gasteiger partial charge in [-0.1, -0.05) is 0 Å². The Kier molecular flexibility index (Phi) is 1.90. The zero-order valence-electron chi connectivity index (χ0n) is 7.03. The molecule has 0 bridgehead atoms. The van der Waals surface area contributed by atoms with Crippen LogP contribution in [0.5, 0.6) is 0 Å². The third-order valence-corrected chi connectivity index (χ3v) is 2.28. The van der Waals surface area contributed by atoms with Crippen LogP contribution in [0.25, 0.3) is 0 Å². The molecule has 1 atom stereocenters. The normalized spacial score (nSPS) is 20.4. The van der Waals surface area contributed by atoms with Crippen LogP contribution in [0.4, 0.5) is 23.2 Å². The van der Waals surface area contributed by atoms with Crippen LogP contribution in [0.3, 0.4) is 0 Å². The molecule has 0 fully saturated rings. The molecular weight excluding hydrogens is 198 g/mol. The summed E-state index contributed by atoms with van der Waals surface area (Å²) < 4.78 is 50.0. The second-order valence-electron chi connectivity index (χ2n) is 3.21. The lowest BCUT2D eigenvalue weighted by Crippen LogP contribution is -2.22. The van der Waals surface area contributed by atoms with Crippen molar-refractivity contribution in [2.75, 3.05) is 11.9 Å². The molecule has 1 aromatic carbocycles. The highest BCUT2D eigenvalue weighted by molar-refractivity contribution is 5.58. The summed E-state index contributed by atoms with van der Waals surface area (Å²) in [5.41, 5.74) is 0.367. The predicted molar refractivity (Wildman–Crippen MR) is 43.7 cm³/mol. The maximum atomic E-state index is 12.7. The Morgan fingerprint density at radius 2 is 2.00 bits per heavy atom. The first-order valence-electron chi connectivity index (χ1n) is 4.08. The molecule has 0 spiro atoms. The molecule has 0 aromatic heterocycles. The van der Waals surface area contributed by atoms with Crippen LogP contribution in [0.15, 0.2) is 18.2 Å². The van der Waals surface area contributed by atoms with Crippen molar-refractivity contribution >= 4 is 5.69 Å². The Morgan fingerprint density at radius 1 is 1.29 bits per heavy atom. The zero-order chi connectivity index (χ0) is 10.3. The fourth-order valence-electron chi connectivity index (χ4n) is 1.60. The quantitative estimate of drug-likeness (QED) is 0.642. The molecule has 1 aliphatic heterocycles. The maximum Gasteiger partial charge on any atom is 0.397 e. The lowest BCUT2D eigenvalue weighted by Gasteiger charge is -2.13. The Hall–Kier alpha value is -1.26. The van der Waals surface area contributed by atoms with Crippen molar-refractivity contribution < 1.29 is 17.6 Å². The minimum Gasteiger partial charge on any atom is -0.384 e. The Bertz CT molecular complexity index is 358. The molecule has 0 aliphatic carbocycles. The van der Waals surface area contributed by atoms with Gasteiger partial charge in [0.15, 0.2) is 0 Å². The van der Waals surface area contributed by atoms with Crippen LogP contribution in [-0.2, 0) is 0 Å². The van der Waals surface area contributed by atoms with Gasteiger partial charge in [0.05, 0.1) is 5.92 Å². The number of alkyl halides is 3. The molecule has 2 rings (SSSR count). The summed E-state index contributed by atoms with van der Waals surface area (Å²) in [7, 11) is 0. The highest BCUT2D eigenvalue weighted by atomic mass is 19.4. The molecule has 0 saturated carbocycles. The van der Waals surface area contributed by atoms with E-state index in [-0.39, 0.29) is 12.1 Å². The van der Waals surface area contributed by atoms with Gasteiger partial charge in [0, 0.05) is 12.2 Å². The van der Waals surface area contributed by atoms with Gasteiger partial charge in [-0.3, -0.25) is 0 Å². The summed E-state index contributed by atoms with van der Waals surface area (Å²) in [6.07, 6.45) is -4.31. The Morgan fingerprint density at radius 3 is 2.64 bits per heavy atom. The predicted octanol–water partition coefficient (Wildman–Crippen LogP) is 2.90. The average molecular weight is 205 g/mol. The lowest BCUT2D eigenvalue weighted by atomic mass is 10.0. The maximum absolute atomic E-state index is 12.7. The first-order chi connectivity index (χ1) is 6.48. The smallest absolute Gasteiger partial charge is 0.384 e. The van der Waals surface area contributed by atoms with Crippen LogP contribution in [-0.4, -0.2) is 12.7 Å². The third kappa shape index (κ3) is 1.42. The van der Waals surface area contributed by atoms with E-state index in [2.05, 4.69) is 5.32 Å². The van der Waals surface area contributed by atoms with Crippen molar-refractivity contribution in [3.8, 4) is 0 Å². The third-order valence-electron chi connectivity index (χ3n) is 2.28. The minimum absolute atomic E-state index is 0.00231. The average Bonchev–Trinajstić information content (AvgIpc) is 2.45. The van der Waals surface area contributed by atoms with E-state index in [0.717, 1.165) is 12.1 Å². The Labute approximate surface area is 77.7 Å². The fourth-order valence-corrected chi connectivity index (χ4v) is 1.60. The summed E-state index contributed by atoms with van der Waals surface area (Å²) in [5.74, 6) is -2.23. The molecule has 1 aromatic rings. The number of hydrogen-bond donors (Lipinski definition) is 1. The first kappa shape index (κ1) is 9.30. The summed E-state index contributed by atoms with van der Waals surface area (Å²) in [6, 6.07) is 3.41. The van der Waals surface area contributed by atoms with Crippen molar-refractivity contribution in [1.82, 2.24) is 0 Å². The van der Waals surface area contributed by atoms with E-state index >= 15 is 0 Å². The molecule has 0 saturated heterocycles. The SMILES string of the molecule is Fc1ccc2c(c1)C(C(F)(F)F)CN2. The minimum atomic E-state index is -4.31. The van der Waals surface area contributed by atoms with E-state index in [9.17, 15) is 17.6 Å². The van der Waals surface area contributed by atoms with Crippen LogP contribution in [0, 0.1) is 5.82 Å². The van der Waals surface area contributed by atoms with Crippen molar-refractivity contribution in [3.63, 3.8) is 0 Å². The number of rotatable bonds is 0. The molecule has 0 radical (unpaired) electrons. The van der Waals surface area contributed by atoms with Gasteiger partial charge in [0.25, 0.3) is 0 Å². The van der Waals surface area contributed by atoms with Crippen LogP contribution >= 0.6 is 0 Å². The highest BCUT2D eigenvalue weighted by Gasteiger charge is 2.44. The van der Waals surface area contributed by atoms with Gasteiger partial charge in [0.2, 0.25) is 0 Å². The Balaban J connectivity index is 2.43. The molecular formula is C9H7F4N. The molecule has 5 heteroatoms. The topological polar surface area (TPSA) is 12.0 Å². The summed E-state index contributed by atoms with van der Waals surface area (Å²) >= 11 is 0. The molecule has 1 N–H and O–H groups in total. The number of hydrogen-bond acceptors (Lipinski definition) is 1. The molecule has 1 unspecified atom stereocenters. The van der Waals surface area contributed by atoms with Crippen molar-refractivity contribution in [2.24, 2.45) is 0 Å². The second-order valence-corrected chi connectivity index (χ2v) is 3.21.